The molecule has 0 saturated heterocycles. The van der Waals surface area contributed by atoms with E-state index in [-0.39, 0.29) is 0 Å². The molecule has 3 aromatic heterocycles. The third-order valence-corrected chi connectivity index (χ3v) is 6.09. The fraction of sp³-hybridized carbons (Fsp3) is 0.273. The lowest BCUT2D eigenvalue weighted by molar-refractivity contribution is 0.902. The van der Waals surface area contributed by atoms with Crippen molar-refractivity contribution in [3.05, 3.63) is 86.5 Å². The van der Waals surface area contributed by atoms with Gasteiger partial charge in [-0.2, -0.15) is 5.10 Å². The molecular formula is C22H19N5O2. The minimum atomic E-state index is -0.526. The molecule has 2 atom stereocenters. The van der Waals surface area contributed by atoms with Gasteiger partial charge in [-0.25, -0.2) is 14.3 Å². The molecule has 2 saturated carbocycles. The summed E-state index contributed by atoms with van der Waals surface area (Å²) in [5, 5.41) is 4.53. The maximum Gasteiger partial charge on any atom is 0.325 e. The number of rotatable bonds is 4. The Bertz CT molecular complexity index is 1360. The fourth-order valence-electron chi connectivity index (χ4n) is 4.44. The largest absolute Gasteiger partial charge is 0.325 e. The summed E-state index contributed by atoms with van der Waals surface area (Å²) in [4.78, 5) is 33.0. The van der Waals surface area contributed by atoms with E-state index in [4.69, 9.17) is 0 Å². The van der Waals surface area contributed by atoms with Gasteiger partial charge >= 0.3 is 5.69 Å². The van der Waals surface area contributed by atoms with Gasteiger partial charge in [0.25, 0.3) is 5.56 Å². The zero-order chi connectivity index (χ0) is 19.5. The number of fused-ring (bicyclic) bond motifs is 1. The summed E-state index contributed by atoms with van der Waals surface area (Å²) in [7, 11) is 0. The minimum Gasteiger partial charge on any atom is -0.313 e. The quantitative estimate of drug-likeness (QED) is 0.565. The maximum absolute atomic E-state index is 12.3. The first-order valence-electron chi connectivity index (χ1n) is 9.94. The third kappa shape index (κ3) is 2.73. The number of aromatic nitrogens is 5. The molecule has 0 radical (unpaired) electrons. The highest BCUT2D eigenvalue weighted by molar-refractivity contribution is 5.64. The molecule has 6 rings (SSSR count). The van der Waals surface area contributed by atoms with Crippen molar-refractivity contribution in [1.29, 1.82) is 0 Å². The summed E-state index contributed by atoms with van der Waals surface area (Å²) in [5.74, 6) is 1.53. The van der Waals surface area contributed by atoms with Crippen LogP contribution in [-0.4, -0.2) is 24.6 Å². The van der Waals surface area contributed by atoms with E-state index in [0.29, 0.717) is 29.0 Å². The molecule has 2 fully saturated rings. The van der Waals surface area contributed by atoms with Gasteiger partial charge in [-0.3, -0.25) is 9.78 Å². The van der Waals surface area contributed by atoms with Crippen molar-refractivity contribution < 1.29 is 0 Å². The number of nitrogens with one attached hydrogen (secondary N) is 2. The van der Waals surface area contributed by atoms with Crippen LogP contribution in [0, 0.1) is 0 Å². The number of hydrogen-bond donors (Lipinski definition) is 2. The first kappa shape index (κ1) is 16.5. The minimum absolute atomic E-state index is 0.344. The van der Waals surface area contributed by atoms with E-state index in [9.17, 15) is 9.59 Å². The molecule has 3 heterocycles. The lowest BCUT2D eigenvalue weighted by Crippen LogP contribution is -2.23. The summed E-state index contributed by atoms with van der Waals surface area (Å²) in [5.41, 5.74) is 4.77. The molecule has 2 N–H and O–H groups in total. The van der Waals surface area contributed by atoms with Crippen molar-refractivity contribution in [3.8, 4) is 11.3 Å². The molecule has 0 spiro atoms. The number of aromatic amines is 2. The SMILES string of the molecule is O=c1[nH]cc(-c2cc(C3CC3c3ccccc3C3CC3)c3nccn3n2)c(=O)[nH]1. The highest BCUT2D eigenvalue weighted by Crippen LogP contribution is 2.58. The van der Waals surface area contributed by atoms with Crippen LogP contribution in [0.15, 0.2) is 58.5 Å². The molecule has 2 aliphatic rings. The monoisotopic (exact) mass is 385 g/mol. The van der Waals surface area contributed by atoms with Gasteiger partial charge in [0.15, 0.2) is 5.65 Å². The second-order valence-electron chi connectivity index (χ2n) is 8.02. The molecule has 1 aromatic carbocycles. The molecule has 144 valence electrons. The normalized spacial score (nSPS) is 20.8. The number of imidazole rings is 1. The summed E-state index contributed by atoms with van der Waals surface area (Å²) < 4.78 is 1.72. The zero-order valence-corrected chi connectivity index (χ0v) is 15.6. The van der Waals surface area contributed by atoms with E-state index in [2.05, 4.69) is 44.3 Å². The van der Waals surface area contributed by atoms with Gasteiger partial charge in [-0.15, -0.1) is 0 Å². The molecule has 0 aliphatic heterocycles. The van der Waals surface area contributed by atoms with E-state index in [1.54, 1.807) is 16.9 Å². The van der Waals surface area contributed by atoms with Crippen LogP contribution in [-0.2, 0) is 0 Å². The second-order valence-corrected chi connectivity index (χ2v) is 8.02. The fourth-order valence-corrected chi connectivity index (χ4v) is 4.44. The van der Waals surface area contributed by atoms with Gasteiger partial charge in [-0.05, 0) is 54.2 Å². The van der Waals surface area contributed by atoms with Crippen molar-refractivity contribution in [2.75, 3.05) is 0 Å². The number of H-pyrrole nitrogens is 2. The summed E-state index contributed by atoms with van der Waals surface area (Å²) >= 11 is 0. The second kappa shape index (κ2) is 6.01. The predicted molar refractivity (Wildman–Crippen MR) is 108 cm³/mol. The Hall–Kier alpha value is -3.48. The summed E-state index contributed by atoms with van der Waals surface area (Å²) in [6.07, 6.45) is 8.57. The number of nitrogens with zero attached hydrogens (tertiary/aromatic N) is 3. The molecular weight excluding hydrogens is 366 g/mol. The van der Waals surface area contributed by atoms with Gasteiger partial charge in [0.1, 0.15) is 0 Å². The van der Waals surface area contributed by atoms with Gasteiger partial charge in [0, 0.05) is 24.2 Å². The summed E-state index contributed by atoms with van der Waals surface area (Å²) in [6, 6.07) is 10.7. The lowest BCUT2D eigenvalue weighted by atomic mass is 9.97. The lowest BCUT2D eigenvalue weighted by Gasteiger charge is -2.10. The molecule has 7 heteroatoms. The van der Waals surface area contributed by atoms with E-state index in [1.165, 1.54) is 30.2 Å². The van der Waals surface area contributed by atoms with Crippen LogP contribution in [0.25, 0.3) is 16.9 Å². The van der Waals surface area contributed by atoms with Crippen molar-refractivity contribution in [1.82, 2.24) is 24.6 Å². The van der Waals surface area contributed by atoms with Crippen LogP contribution in [0.1, 0.15) is 53.7 Å². The van der Waals surface area contributed by atoms with Crippen LogP contribution < -0.4 is 11.2 Å². The molecule has 2 aliphatic carbocycles. The van der Waals surface area contributed by atoms with Crippen LogP contribution in [0.2, 0.25) is 0 Å². The van der Waals surface area contributed by atoms with E-state index >= 15 is 0 Å². The Kier molecular flexibility index (Phi) is 3.41. The van der Waals surface area contributed by atoms with Gasteiger partial charge in [-0.1, -0.05) is 24.3 Å². The molecule has 7 nitrogen and oxygen atoms in total. The van der Waals surface area contributed by atoms with Gasteiger partial charge in [0.2, 0.25) is 0 Å². The predicted octanol–water partition coefficient (Wildman–Crippen LogP) is 2.92. The molecule has 0 bridgehead atoms. The maximum atomic E-state index is 12.3. The average molecular weight is 385 g/mol. The number of benzene rings is 1. The Morgan fingerprint density at radius 1 is 1.03 bits per heavy atom. The van der Waals surface area contributed by atoms with Gasteiger partial charge < -0.3 is 4.98 Å². The number of hydrogen-bond acceptors (Lipinski definition) is 4. The zero-order valence-electron chi connectivity index (χ0n) is 15.6. The van der Waals surface area contributed by atoms with Crippen LogP contribution >= 0.6 is 0 Å². The van der Waals surface area contributed by atoms with E-state index in [1.807, 2.05) is 6.07 Å². The Morgan fingerprint density at radius 2 is 1.83 bits per heavy atom. The average Bonchev–Trinajstić information content (AvgIpc) is 3.64. The van der Waals surface area contributed by atoms with Crippen LogP contribution in [0.4, 0.5) is 0 Å². The van der Waals surface area contributed by atoms with Crippen molar-refractivity contribution in [3.63, 3.8) is 0 Å². The van der Waals surface area contributed by atoms with Crippen molar-refractivity contribution in [2.45, 2.75) is 37.0 Å². The van der Waals surface area contributed by atoms with E-state index in [0.717, 1.165) is 17.6 Å². The molecule has 29 heavy (non-hydrogen) atoms. The Morgan fingerprint density at radius 3 is 2.62 bits per heavy atom. The topological polar surface area (TPSA) is 95.9 Å². The Labute approximate surface area is 165 Å². The first-order chi connectivity index (χ1) is 14.2. The highest BCUT2D eigenvalue weighted by atomic mass is 16.2. The van der Waals surface area contributed by atoms with Crippen LogP contribution in [0.3, 0.4) is 0 Å². The summed E-state index contributed by atoms with van der Waals surface area (Å²) in [6.45, 7) is 0. The van der Waals surface area contributed by atoms with Gasteiger partial charge in [0.05, 0.1) is 11.3 Å². The molecule has 0 amide bonds. The van der Waals surface area contributed by atoms with Crippen molar-refractivity contribution >= 4 is 5.65 Å². The highest BCUT2D eigenvalue weighted by Gasteiger charge is 2.43. The van der Waals surface area contributed by atoms with Crippen molar-refractivity contribution in [2.24, 2.45) is 0 Å². The first-order valence-corrected chi connectivity index (χ1v) is 9.94. The molecule has 4 aromatic rings. The van der Waals surface area contributed by atoms with E-state index < -0.39 is 11.2 Å². The van der Waals surface area contributed by atoms with Crippen LogP contribution in [0.5, 0.6) is 0 Å². The third-order valence-electron chi connectivity index (χ3n) is 6.09. The Balaban J connectivity index is 1.45. The standard InChI is InChI=1S/C22H19N5O2/c28-21-18(11-24-22(29)25-21)19-10-17(20-23-7-8-27(20)26-19)16-9-15(16)14-4-2-1-3-13(14)12-5-6-12/h1-4,7-8,10-12,15-16H,5-6,9H2,(H2,24,25,28,29). The molecule has 2 unspecified atom stereocenters. The smallest absolute Gasteiger partial charge is 0.313 e.